The molecule has 2 heterocycles. The number of rotatable bonds is 7. The fourth-order valence-corrected chi connectivity index (χ4v) is 3.85. The number of amides is 1. The van der Waals surface area contributed by atoms with Crippen molar-refractivity contribution in [3.05, 3.63) is 52.8 Å². The van der Waals surface area contributed by atoms with E-state index < -0.39 is 12.0 Å². The van der Waals surface area contributed by atoms with E-state index in [1.54, 1.807) is 0 Å². The minimum Gasteiger partial charge on any atom is -0.464 e. The highest BCUT2D eigenvalue weighted by molar-refractivity contribution is 7.16. The average molecular weight is 400 g/mol. The van der Waals surface area contributed by atoms with Gasteiger partial charge in [-0.1, -0.05) is 44.2 Å². The normalized spacial score (nSPS) is 12.0. The van der Waals surface area contributed by atoms with Gasteiger partial charge in [0.15, 0.2) is 16.9 Å². The van der Waals surface area contributed by atoms with Crippen LogP contribution in [0.15, 0.2) is 36.7 Å². The van der Waals surface area contributed by atoms with E-state index >= 15 is 0 Å². The molecule has 1 N–H and O–H groups in total. The molecule has 1 unspecified atom stereocenters. The van der Waals surface area contributed by atoms with Crippen LogP contribution >= 0.6 is 11.3 Å². The fourth-order valence-electron chi connectivity index (χ4n) is 2.69. The monoisotopic (exact) mass is 400 g/mol. The van der Waals surface area contributed by atoms with E-state index in [-0.39, 0.29) is 11.6 Å². The number of anilines is 1. The van der Waals surface area contributed by atoms with Gasteiger partial charge in [0.25, 0.3) is 5.91 Å². The Bertz CT molecular complexity index is 940. The van der Waals surface area contributed by atoms with Gasteiger partial charge in [-0.25, -0.2) is 14.5 Å². The van der Waals surface area contributed by atoms with Gasteiger partial charge in [0.2, 0.25) is 0 Å². The lowest BCUT2D eigenvalue weighted by molar-refractivity contribution is -0.118. The summed E-state index contributed by atoms with van der Waals surface area (Å²) in [7, 11) is 1.31. The van der Waals surface area contributed by atoms with Crippen LogP contribution in [-0.2, 0) is 16.0 Å². The molecule has 3 rings (SSSR count). The molecule has 0 saturated carbocycles. The molecule has 9 nitrogen and oxygen atoms in total. The maximum Gasteiger partial charge on any atom is 0.357 e. The third kappa shape index (κ3) is 4.39. The van der Waals surface area contributed by atoms with Crippen LogP contribution < -0.4 is 5.32 Å². The standard InChI is InChI=1S/C18H20N6O3S/c1-11(2)9-13-14(17(26)27-3)20-18(28-13)21-16(25)15(24-10-19-22-23-24)12-7-5-4-6-8-12/h4-8,10-11,15H,9H2,1-3H3,(H,20,21,25). The highest BCUT2D eigenvalue weighted by Crippen LogP contribution is 2.28. The molecule has 0 spiro atoms. The van der Waals surface area contributed by atoms with E-state index in [9.17, 15) is 9.59 Å². The summed E-state index contributed by atoms with van der Waals surface area (Å²) in [6.45, 7) is 4.09. The summed E-state index contributed by atoms with van der Waals surface area (Å²) in [5.74, 6) is -0.557. The zero-order valence-electron chi connectivity index (χ0n) is 15.7. The van der Waals surface area contributed by atoms with Crippen LogP contribution in [0.1, 0.15) is 40.8 Å². The molecule has 0 aliphatic rings. The van der Waals surface area contributed by atoms with E-state index in [2.05, 4.69) is 25.8 Å². The molecule has 0 aliphatic heterocycles. The summed E-state index contributed by atoms with van der Waals surface area (Å²) in [4.78, 5) is 30.1. The largest absolute Gasteiger partial charge is 0.464 e. The van der Waals surface area contributed by atoms with E-state index in [0.29, 0.717) is 17.5 Å². The molecule has 0 aliphatic carbocycles. The van der Waals surface area contributed by atoms with Crippen LogP contribution in [0.4, 0.5) is 5.13 Å². The number of nitrogens with one attached hydrogen (secondary N) is 1. The summed E-state index contributed by atoms with van der Waals surface area (Å²) >= 11 is 1.26. The smallest absolute Gasteiger partial charge is 0.357 e. The number of esters is 1. The first-order chi connectivity index (χ1) is 13.5. The first kappa shape index (κ1) is 19.6. The zero-order chi connectivity index (χ0) is 20.1. The minimum atomic E-state index is -0.768. The van der Waals surface area contributed by atoms with Crippen LogP contribution in [0, 0.1) is 5.92 Å². The summed E-state index contributed by atoms with van der Waals surface area (Å²) < 4.78 is 6.18. The Morgan fingerprint density at radius 2 is 2.00 bits per heavy atom. The van der Waals surface area contributed by atoms with Crippen molar-refractivity contribution in [1.29, 1.82) is 0 Å². The second-order valence-electron chi connectivity index (χ2n) is 6.47. The van der Waals surface area contributed by atoms with Crippen molar-refractivity contribution in [2.24, 2.45) is 5.92 Å². The lowest BCUT2D eigenvalue weighted by Crippen LogP contribution is -2.27. The number of thiazole rings is 1. The fraction of sp³-hybridized carbons (Fsp3) is 0.333. The van der Waals surface area contributed by atoms with Gasteiger partial charge in [0, 0.05) is 4.88 Å². The van der Waals surface area contributed by atoms with Crippen LogP contribution in [0.25, 0.3) is 0 Å². The number of hydrogen-bond donors (Lipinski definition) is 1. The molecule has 0 bridgehead atoms. The van der Waals surface area contributed by atoms with E-state index in [0.717, 1.165) is 10.4 Å². The minimum absolute atomic E-state index is 0.232. The second kappa shape index (κ2) is 8.70. The van der Waals surface area contributed by atoms with Crippen molar-refractivity contribution in [2.45, 2.75) is 26.3 Å². The number of carbonyl (C=O) groups is 2. The van der Waals surface area contributed by atoms with E-state index in [1.165, 1.54) is 29.5 Å². The lowest BCUT2D eigenvalue weighted by Gasteiger charge is -2.15. The van der Waals surface area contributed by atoms with E-state index in [4.69, 9.17) is 4.74 Å². The number of aromatic nitrogens is 5. The Labute approximate surface area is 165 Å². The van der Waals surface area contributed by atoms with Crippen molar-refractivity contribution >= 4 is 28.3 Å². The molecule has 10 heteroatoms. The first-order valence-electron chi connectivity index (χ1n) is 8.66. The number of carbonyl (C=O) groups excluding carboxylic acids is 2. The highest BCUT2D eigenvalue weighted by Gasteiger charge is 2.26. The topological polar surface area (TPSA) is 112 Å². The molecule has 0 saturated heterocycles. The number of nitrogens with zero attached hydrogens (tertiary/aromatic N) is 5. The Kier molecular flexibility index (Phi) is 6.09. The summed E-state index contributed by atoms with van der Waals surface area (Å²) in [5.41, 5.74) is 0.953. The molecule has 28 heavy (non-hydrogen) atoms. The quantitative estimate of drug-likeness (QED) is 0.606. The maximum absolute atomic E-state index is 13.0. The van der Waals surface area contributed by atoms with Gasteiger partial charge in [-0.3, -0.25) is 10.1 Å². The van der Waals surface area contributed by atoms with Gasteiger partial charge in [0.1, 0.15) is 6.33 Å². The van der Waals surface area contributed by atoms with Crippen molar-refractivity contribution in [3.63, 3.8) is 0 Å². The summed E-state index contributed by atoms with van der Waals surface area (Å²) in [6.07, 6.45) is 2.04. The Balaban J connectivity index is 1.90. The third-order valence-corrected chi connectivity index (χ3v) is 4.89. The predicted octanol–water partition coefficient (Wildman–Crippen LogP) is 2.34. The average Bonchev–Trinajstić information content (AvgIpc) is 3.32. The number of benzene rings is 1. The number of ether oxygens (including phenoxy) is 1. The Hall–Kier alpha value is -3.14. The first-order valence-corrected chi connectivity index (χ1v) is 9.47. The van der Waals surface area contributed by atoms with Gasteiger partial charge < -0.3 is 4.74 Å². The van der Waals surface area contributed by atoms with Gasteiger partial charge in [0.05, 0.1) is 7.11 Å². The molecule has 146 valence electrons. The number of tetrazole rings is 1. The molecule has 1 aromatic carbocycles. The molecule has 1 amide bonds. The van der Waals surface area contributed by atoms with Gasteiger partial charge in [-0.15, -0.1) is 16.4 Å². The molecule has 1 atom stereocenters. The SMILES string of the molecule is COC(=O)c1nc(NC(=O)C(c2ccccc2)n2cnnn2)sc1CC(C)C. The highest BCUT2D eigenvalue weighted by atomic mass is 32.1. The molecule has 0 radical (unpaired) electrons. The van der Waals surface area contributed by atoms with Crippen molar-refractivity contribution in [2.75, 3.05) is 12.4 Å². The third-order valence-electron chi connectivity index (χ3n) is 3.89. The molecule has 0 fully saturated rings. The molecular weight excluding hydrogens is 380 g/mol. The predicted molar refractivity (Wildman–Crippen MR) is 103 cm³/mol. The Morgan fingerprint density at radius 3 is 2.61 bits per heavy atom. The van der Waals surface area contributed by atoms with Crippen LogP contribution in [0.2, 0.25) is 0 Å². The Morgan fingerprint density at radius 1 is 1.25 bits per heavy atom. The van der Waals surface area contributed by atoms with Gasteiger partial charge in [-0.2, -0.15) is 0 Å². The molecule has 3 aromatic rings. The molecular formula is C18H20N6O3S. The van der Waals surface area contributed by atoms with Crippen LogP contribution in [-0.4, -0.2) is 44.2 Å². The van der Waals surface area contributed by atoms with Gasteiger partial charge >= 0.3 is 5.97 Å². The summed E-state index contributed by atoms with van der Waals surface area (Å²) in [6, 6.07) is 8.39. The maximum atomic E-state index is 13.0. The van der Waals surface area contributed by atoms with Crippen molar-refractivity contribution < 1.29 is 14.3 Å². The van der Waals surface area contributed by atoms with Gasteiger partial charge in [-0.05, 0) is 28.3 Å². The van der Waals surface area contributed by atoms with Crippen LogP contribution in [0.3, 0.4) is 0 Å². The summed E-state index contributed by atoms with van der Waals surface area (Å²) in [5, 5.41) is 14.2. The van der Waals surface area contributed by atoms with E-state index in [1.807, 2.05) is 44.2 Å². The van der Waals surface area contributed by atoms with Crippen LogP contribution in [0.5, 0.6) is 0 Å². The number of hydrogen-bond acceptors (Lipinski definition) is 8. The second-order valence-corrected chi connectivity index (χ2v) is 7.56. The van der Waals surface area contributed by atoms with Crippen molar-refractivity contribution in [1.82, 2.24) is 25.2 Å². The lowest BCUT2D eigenvalue weighted by atomic mass is 10.1. The number of methoxy groups -OCH3 is 1. The van der Waals surface area contributed by atoms with Crippen molar-refractivity contribution in [3.8, 4) is 0 Å². The molecule has 2 aromatic heterocycles. The zero-order valence-corrected chi connectivity index (χ0v) is 16.5.